The van der Waals surface area contributed by atoms with Gasteiger partial charge in [0.2, 0.25) is 0 Å². The number of hydrogen-bond acceptors (Lipinski definition) is 20. The summed E-state index contributed by atoms with van der Waals surface area (Å²) in [5.74, 6) is -2.76. The fourth-order valence-corrected chi connectivity index (χ4v) is 13.2. The number of hydrogen-bond donors (Lipinski definition) is 7. The number of ether oxygens (including phenoxy) is 13. The summed E-state index contributed by atoms with van der Waals surface area (Å²) in [4.78, 5) is 8.90. The van der Waals surface area contributed by atoms with E-state index in [0.29, 0.717) is 35.2 Å². The van der Waals surface area contributed by atoms with Crippen molar-refractivity contribution < 1.29 is 84.7 Å². The highest BCUT2D eigenvalue weighted by Crippen LogP contribution is 2.39. The van der Waals surface area contributed by atoms with Crippen LogP contribution in [-0.2, 0) is 113 Å². The zero-order valence-corrected chi connectivity index (χ0v) is 61.6. The van der Waals surface area contributed by atoms with Crippen LogP contribution < -0.4 is 34.4 Å². The summed E-state index contributed by atoms with van der Waals surface area (Å²) in [7, 11) is 0. The van der Waals surface area contributed by atoms with E-state index in [-0.39, 0.29) is 72.4 Å². The summed E-state index contributed by atoms with van der Waals surface area (Å²) in [6, 6.07) is 47.3. The molecule has 0 radical (unpaired) electrons. The summed E-state index contributed by atoms with van der Waals surface area (Å²) in [6.45, 7) is 0.639. The number of carboxylic acid groups (broad SMARTS) is 1. The molecule has 31 heteroatoms. The molecule has 19 atom stereocenters. The van der Waals surface area contributed by atoms with Crippen molar-refractivity contribution in [2.75, 3.05) is 19.7 Å². The molecule has 7 aromatic carbocycles. The van der Waals surface area contributed by atoms with Crippen molar-refractivity contribution in [3.63, 3.8) is 0 Å². The van der Waals surface area contributed by atoms with Gasteiger partial charge in [0.1, 0.15) is 73.2 Å². The van der Waals surface area contributed by atoms with Crippen LogP contribution in [0, 0.1) is 0 Å². The van der Waals surface area contributed by atoms with Crippen LogP contribution in [-0.4, -0.2) is 153 Å². The smallest absolute Gasteiger partial charge is 0.475 e. The van der Waals surface area contributed by atoms with E-state index in [9.17, 15) is 13.2 Å². The second kappa shape index (κ2) is 39.6. The summed E-state index contributed by atoms with van der Waals surface area (Å²) < 4.78 is 122. The van der Waals surface area contributed by atoms with Crippen LogP contribution >= 0.6 is 81.2 Å². The van der Waals surface area contributed by atoms with Crippen LogP contribution in [0.4, 0.5) is 13.2 Å². The van der Waals surface area contributed by atoms with E-state index in [1.54, 1.807) is 84.9 Å². The third-order valence-corrected chi connectivity index (χ3v) is 19.6. The number of aliphatic carboxylic acids is 1. The molecular weight excluding hydrogens is 1520 g/mol. The highest BCUT2D eigenvalue weighted by Gasteiger charge is 2.57. The monoisotopic (exact) mass is 1600 g/mol. The molecule has 4 aliphatic rings. The number of halogens is 10. The van der Waals surface area contributed by atoms with Gasteiger partial charge in [-0.15, -0.1) is 0 Å². The van der Waals surface area contributed by atoms with Crippen molar-refractivity contribution >= 4 is 87.2 Å². The first-order valence-corrected chi connectivity index (χ1v) is 36.2. The van der Waals surface area contributed by atoms with Gasteiger partial charge >= 0.3 is 12.1 Å². The third kappa shape index (κ3) is 23.6. The van der Waals surface area contributed by atoms with Gasteiger partial charge in [-0.05, 0) is 130 Å². The molecule has 3 aliphatic heterocycles. The van der Waals surface area contributed by atoms with Crippen LogP contribution in [0.1, 0.15) is 45.4 Å². The third-order valence-electron chi connectivity index (χ3n) is 17.9. The van der Waals surface area contributed by atoms with Crippen molar-refractivity contribution in [1.29, 1.82) is 0 Å². The van der Waals surface area contributed by atoms with E-state index >= 15 is 0 Å². The number of alkyl halides is 3. The number of benzene rings is 7. The maximum absolute atomic E-state index is 10.6. The number of carboxylic acids is 1. The van der Waals surface area contributed by atoms with Gasteiger partial charge in [0.05, 0.1) is 64.9 Å². The Bertz CT molecular complexity index is 3790. The lowest BCUT2D eigenvalue weighted by Crippen LogP contribution is -2.69. The molecular formula is C74H82Cl7F3N6O15. The van der Waals surface area contributed by atoms with Crippen molar-refractivity contribution in [1.82, 2.24) is 0 Å². The van der Waals surface area contributed by atoms with Crippen molar-refractivity contribution in [2.45, 2.75) is 175 Å². The van der Waals surface area contributed by atoms with Gasteiger partial charge in [-0.2, -0.15) is 13.2 Å². The second-order valence-electron chi connectivity index (χ2n) is 25.5. The van der Waals surface area contributed by atoms with Crippen LogP contribution in [0.3, 0.4) is 0 Å². The quantitative estimate of drug-likeness (QED) is 0.0220. The summed E-state index contributed by atoms with van der Waals surface area (Å²) in [6.07, 6.45) is -20.2. The molecule has 21 nitrogen and oxygen atoms in total. The lowest BCUT2D eigenvalue weighted by Gasteiger charge is -2.49. The Morgan fingerprint density at radius 1 is 0.362 bits per heavy atom. The highest BCUT2D eigenvalue weighted by molar-refractivity contribution is 6.32. The molecule has 3 heterocycles. The molecule has 0 amide bonds. The van der Waals surface area contributed by atoms with Crippen LogP contribution in [0.5, 0.6) is 0 Å². The van der Waals surface area contributed by atoms with E-state index in [2.05, 4.69) is 0 Å². The van der Waals surface area contributed by atoms with E-state index in [1.165, 1.54) is 0 Å². The molecule has 1 saturated carbocycles. The van der Waals surface area contributed by atoms with Gasteiger partial charge in [-0.1, -0.05) is 166 Å². The van der Waals surface area contributed by atoms with Gasteiger partial charge in [-0.25, -0.2) is 4.79 Å². The Kier molecular flexibility index (Phi) is 31.2. The number of carbonyl (C=O) groups is 1. The van der Waals surface area contributed by atoms with Crippen molar-refractivity contribution in [3.05, 3.63) is 244 Å². The minimum Gasteiger partial charge on any atom is -0.475 e. The Morgan fingerprint density at radius 3 is 0.933 bits per heavy atom. The Hall–Kier alpha value is -4.93. The Morgan fingerprint density at radius 2 is 0.619 bits per heavy atom. The van der Waals surface area contributed by atoms with Gasteiger partial charge in [0.25, 0.3) is 0 Å². The fraction of sp³-hybridized carbons (Fsp3) is 0.419. The zero-order valence-electron chi connectivity index (χ0n) is 56.3. The van der Waals surface area contributed by atoms with Crippen molar-refractivity contribution in [2.24, 2.45) is 34.4 Å². The Labute approximate surface area is 641 Å². The molecule has 0 unspecified atom stereocenters. The number of rotatable bonds is 30. The maximum Gasteiger partial charge on any atom is 0.490 e. The molecule has 0 spiro atoms. The van der Waals surface area contributed by atoms with Crippen LogP contribution in [0.2, 0.25) is 35.2 Å². The lowest BCUT2D eigenvalue weighted by atomic mass is 9.84. The minimum absolute atomic E-state index is 0.00371. The lowest BCUT2D eigenvalue weighted by molar-refractivity contribution is -0.318. The van der Waals surface area contributed by atoms with Crippen LogP contribution in [0.25, 0.3) is 0 Å². The molecule has 105 heavy (non-hydrogen) atoms. The van der Waals surface area contributed by atoms with Gasteiger partial charge in [-0.3, -0.25) is 0 Å². The largest absolute Gasteiger partial charge is 0.490 e. The standard InChI is InChI=1S/C72H81Cl7N6O13.C2HF3O2/c73-47-15-1-40(2-16-47)32-86-39-58-65(97-71-60(85)67(91-37-45-11-25-52(78)26-12-45)64(57(31-81)94-71)89-35-43-7-21-50(76)22-8-43)69(92-38-46-13-27-53(79)28-14-46)72(95-58)98-68-61(87-33-41-3-17-48(74)18-4-41)54(82)29-55(83)62(68)96-70-59(84)66(90-36-44-9-23-51(77)24-10-44)63(56(30-80)93-70)88-34-42-5-19-49(75)20-6-42;3-2(4,5)1(6)7/h1-28,54-72H,29-39,80-85H2;(H,6,7)/t54-,55+,56-,57+,58-,59-,60-,61+,62-,63-,64-,65-,66-,67-,68-,69-,70-,71-,72-;/m1./s1. The van der Waals surface area contributed by atoms with Gasteiger partial charge in [0.15, 0.2) is 18.9 Å². The Balaban J connectivity index is 0.00000161. The first-order chi connectivity index (χ1) is 50.4. The first kappa shape index (κ1) is 82.6. The second-order valence-corrected chi connectivity index (χ2v) is 28.5. The predicted octanol–water partition coefficient (Wildman–Crippen LogP) is 11.9. The first-order valence-electron chi connectivity index (χ1n) is 33.5. The summed E-state index contributed by atoms with van der Waals surface area (Å²) >= 11 is 44.3. The average molecular weight is 1600 g/mol. The van der Waals surface area contributed by atoms with Crippen molar-refractivity contribution in [3.8, 4) is 0 Å². The molecule has 1 aliphatic carbocycles. The molecule has 0 aromatic heterocycles. The SMILES string of the molecule is NC[C@@H]1O[C@H](O[C@H]2[C@@H](OCc3ccc(Cl)cc3)[C@@H](O[C@@H]3[C@@H](OCc4ccc(Cl)cc4)[C@H](N)C[C@H](N)[C@H]3O[C@H]3O[C@H](CN)[C@@H](OCc4ccc(Cl)cc4)[C@H](OCc4ccc(Cl)cc4)[C@H]3N)O[C@@H]2COCc2ccc(Cl)cc2)[C@H](N)[C@@H](OCc2ccc(Cl)cc2)[C@@H]1OCc1ccc(Cl)cc1.O=C(O)C(F)(F)F. The molecule has 4 fully saturated rings. The molecule has 13 N–H and O–H groups in total. The maximum atomic E-state index is 10.6. The summed E-state index contributed by atoms with van der Waals surface area (Å²) in [5, 5.41) is 11.0. The molecule has 3 saturated heterocycles. The fourth-order valence-electron chi connectivity index (χ4n) is 12.4. The highest BCUT2D eigenvalue weighted by atomic mass is 35.5. The minimum atomic E-state index is -5.08. The molecule has 568 valence electrons. The summed E-state index contributed by atoms with van der Waals surface area (Å²) in [5.41, 5.74) is 48.2. The normalized spacial score (nSPS) is 28.4. The molecule has 11 rings (SSSR count). The average Bonchev–Trinajstić information content (AvgIpc) is 1.69. The van der Waals surface area contributed by atoms with E-state index < -0.39 is 128 Å². The zero-order chi connectivity index (χ0) is 74.9. The molecule has 0 bridgehead atoms. The topological polar surface area (TPSA) is 313 Å². The van der Waals surface area contributed by atoms with Gasteiger partial charge < -0.3 is 101 Å². The predicted molar refractivity (Wildman–Crippen MR) is 390 cm³/mol. The molecule has 7 aromatic rings. The van der Waals surface area contributed by atoms with E-state index in [0.717, 1.165) is 38.9 Å². The van der Waals surface area contributed by atoms with Gasteiger partial charge in [0, 0.05) is 60.3 Å². The van der Waals surface area contributed by atoms with E-state index in [4.69, 9.17) is 187 Å². The number of nitrogens with two attached hydrogens (primary N) is 6. The van der Waals surface area contributed by atoms with E-state index in [1.807, 2.05) is 84.9 Å². The van der Waals surface area contributed by atoms with Crippen LogP contribution in [0.15, 0.2) is 170 Å².